The van der Waals surface area contributed by atoms with Crippen molar-refractivity contribution in [3.63, 3.8) is 0 Å². The van der Waals surface area contributed by atoms with E-state index in [0.29, 0.717) is 6.54 Å². The average Bonchev–Trinajstić information content (AvgIpc) is 2.76. The van der Waals surface area contributed by atoms with E-state index in [1.165, 1.54) is 15.3 Å². The van der Waals surface area contributed by atoms with Gasteiger partial charge in [0.15, 0.2) is 0 Å². The number of benzene rings is 1. The van der Waals surface area contributed by atoms with E-state index in [1.54, 1.807) is 0 Å². The molecule has 0 spiro atoms. The van der Waals surface area contributed by atoms with Crippen LogP contribution in [0.25, 0.3) is 0 Å². The first-order valence-corrected chi connectivity index (χ1v) is 7.11. The highest BCUT2D eigenvalue weighted by atomic mass is 35.5. The second kappa shape index (κ2) is 8.33. The Labute approximate surface area is 125 Å². The molecule has 0 saturated carbocycles. The minimum Gasteiger partial charge on any atom is -0.329 e. The molecule has 2 rings (SSSR count). The molecule has 0 bridgehead atoms. The molecule has 0 aliphatic carbocycles. The number of aryl methyl sites for hydroxylation is 1. The summed E-state index contributed by atoms with van der Waals surface area (Å²) in [6.07, 6.45) is 0. The van der Waals surface area contributed by atoms with Crippen LogP contribution < -0.4 is 5.73 Å². The Balaban J connectivity index is 0.00000180. The molecule has 0 atom stereocenters. The van der Waals surface area contributed by atoms with Gasteiger partial charge in [0.25, 0.3) is 0 Å². The molecular formula is C15H21ClN2S. The monoisotopic (exact) mass is 296 g/mol. The molecule has 0 radical (unpaired) electrons. The SMILES string of the molecule is Cc1ccc(CN(CCN)Cc2ccccc2)s1.Cl. The molecule has 1 heterocycles. The van der Waals surface area contributed by atoms with Crippen molar-refractivity contribution in [1.82, 2.24) is 4.90 Å². The molecule has 2 N–H and O–H groups in total. The van der Waals surface area contributed by atoms with Crippen LogP contribution in [-0.4, -0.2) is 18.0 Å². The van der Waals surface area contributed by atoms with E-state index in [4.69, 9.17) is 5.73 Å². The van der Waals surface area contributed by atoms with Crippen LogP contribution in [0, 0.1) is 6.92 Å². The van der Waals surface area contributed by atoms with Crippen molar-refractivity contribution in [1.29, 1.82) is 0 Å². The highest BCUT2D eigenvalue weighted by molar-refractivity contribution is 7.11. The molecule has 1 aromatic heterocycles. The predicted octanol–water partition coefficient (Wildman–Crippen LogP) is 3.44. The second-order valence-electron chi connectivity index (χ2n) is 4.50. The number of halogens is 1. The van der Waals surface area contributed by atoms with Crippen molar-refractivity contribution in [2.24, 2.45) is 5.73 Å². The first-order chi connectivity index (χ1) is 8.78. The molecule has 0 fully saturated rings. The van der Waals surface area contributed by atoms with Gasteiger partial charge >= 0.3 is 0 Å². The van der Waals surface area contributed by atoms with Crippen molar-refractivity contribution >= 4 is 23.7 Å². The molecule has 0 amide bonds. The molecule has 19 heavy (non-hydrogen) atoms. The number of hydrogen-bond donors (Lipinski definition) is 1. The van der Waals surface area contributed by atoms with E-state index in [-0.39, 0.29) is 12.4 Å². The molecule has 0 unspecified atom stereocenters. The summed E-state index contributed by atoms with van der Waals surface area (Å²) >= 11 is 1.87. The Morgan fingerprint density at radius 1 is 1.05 bits per heavy atom. The van der Waals surface area contributed by atoms with Gasteiger partial charge in [0.2, 0.25) is 0 Å². The molecule has 2 aromatic rings. The minimum atomic E-state index is 0. The predicted molar refractivity (Wildman–Crippen MR) is 85.9 cm³/mol. The summed E-state index contributed by atoms with van der Waals surface area (Å²) in [5.74, 6) is 0. The Morgan fingerprint density at radius 3 is 2.37 bits per heavy atom. The number of rotatable bonds is 6. The van der Waals surface area contributed by atoms with Crippen LogP contribution in [0.5, 0.6) is 0 Å². The van der Waals surface area contributed by atoms with Gasteiger partial charge in [0.1, 0.15) is 0 Å². The number of nitrogens with two attached hydrogens (primary N) is 1. The van der Waals surface area contributed by atoms with Gasteiger partial charge in [0.05, 0.1) is 0 Å². The van der Waals surface area contributed by atoms with Gasteiger partial charge in [-0.1, -0.05) is 30.3 Å². The fraction of sp³-hybridized carbons (Fsp3) is 0.333. The van der Waals surface area contributed by atoms with Crippen molar-refractivity contribution in [2.75, 3.05) is 13.1 Å². The van der Waals surface area contributed by atoms with Crippen LogP contribution in [-0.2, 0) is 13.1 Å². The zero-order valence-electron chi connectivity index (χ0n) is 11.2. The van der Waals surface area contributed by atoms with E-state index in [0.717, 1.165) is 19.6 Å². The fourth-order valence-electron chi connectivity index (χ4n) is 2.03. The first kappa shape index (κ1) is 16.2. The van der Waals surface area contributed by atoms with Crippen LogP contribution >= 0.6 is 23.7 Å². The van der Waals surface area contributed by atoms with Gasteiger partial charge in [-0.15, -0.1) is 23.7 Å². The summed E-state index contributed by atoms with van der Waals surface area (Å²) in [6.45, 7) is 5.75. The van der Waals surface area contributed by atoms with Crippen LogP contribution in [0.3, 0.4) is 0 Å². The van der Waals surface area contributed by atoms with E-state index < -0.39 is 0 Å². The summed E-state index contributed by atoms with van der Waals surface area (Å²) in [5, 5.41) is 0. The van der Waals surface area contributed by atoms with Gasteiger partial charge in [0, 0.05) is 35.9 Å². The molecule has 104 valence electrons. The molecule has 0 aliphatic rings. The first-order valence-electron chi connectivity index (χ1n) is 6.29. The van der Waals surface area contributed by atoms with Crippen LogP contribution in [0.15, 0.2) is 42.5 Å². The van der Waals surface area contributed by atoms with E-state index >= 15 is 0 Å². The number of thiophene rings is 1. The van der Waals surface area contributed by atoms with Crippen LogP contribution in [0.2, 0.25) is 0 Å². The molecule has 2 nitrogen and oxygen atoms in total. The van der Waals surface area contributed by atoms with Crippen LogP contribution in [0.4, 0.5) is 0 Å². The maximum absolute atomic E-state index is 5.70. The molecule has 1 aromatic carbocycles. The summed E-state index contributed by atoms with van der Waals surface area (Å²) in [7, 11) is 0. The quantitative estimate of drug-likeness (QED) is 0.885. The maximum atomic E-state index is 5.70. The summed E-state index contributed by atoms with van der Waals surface area (Å²) < 4.78 is 0. The summed E-state index contributed by atoms with van der Waals surface area (Å²) in [6, 6.07) is 15.0. The van der Waals surface area contributed by atoms with Crippen molar-refractivity contribution < 1.29 is 0 Å². The highest BCUT2D eigenvalue weighted by Gasteiger charge is 2.07. The zero-order valence-corrected chi connectivity index (χ0v) is 12.8. The van der Waals surface area contributed by atoms with Crippen molar-refractivity contribution in [3.8, 4) is 0 Å². The minimum absolute atomic E-state index is 0. The van der Waals surface area contributed by atoms with Gasteiger partial charge in [-0.3, -0.25) is 4.90 Å². The zero-order chi connectivity index (χ0) is 12.8. The number of hydrogen-bond acceptors (Lipinski definition) is 3. The lowest BCUT2D eigenvalue weighted by molar-refractivity contribution is 0.267. The topological polar surface area (TPSA) is 29.3 Å². The van der Waals surface area contributed by atoms with Crippen LogP contribution in [0.1, 0.15) is 15.3 Å². The molecular weight excluding hydrogens is 276 g/mol. The van der Waals surface area contributed by atoms with Gasteiger partial charge in [-0.25, -0.2) is 0 Å². The van der Waals surface area contributed by atoms with Crippen molar-refractivity contribution in [2.45, 2.75) is 20.0 Å². The summed E-state index contributed by atoms with van der Waals surface area (Å²) in [4.78, 5) is 5.19. The standard InChI is InChI=1S/C15H20N2S.ClH/c1-13-7-8-15(18-13)12-17(10-9-16)11-14-5-3-2-4-6-14;/h2-8H,9-12,16H2,1H3;1H. The summed E-state index contributed by atoms with van der Waals surface area (Å²) in [5.41, 5.74) is 7.05. The fourth-order valence-corrected chi connectivity index (χ4v) is 2.96. The smallest absolute Gasteiger partial charge is 0.0332 e. The van der Waals surface area contributed by atoms with E-state index in [1.807, 2.05) is 11.3 Å². The maximum Gasteiger partial charge on any atom is 0.0332 e. The third-order valence-corrected chi connectivity index (χ3v) is 3.86. The average molecular weight is 297 g/mol. The molecule has 4 heteroatoms. The van der Waals surface area contributed by atoms with Gasteiger partial charge in [-0.2, -0.15) is 0 Å². The third kappa shape index (κ3) is 5.33. The Kier molecular flexibility index (Phi) is 7.10. The van der Waals surface area contributed by atoms with Gasteiger partial charge in [-0.05, 0) is 24.6 Å². The normalized spacial score (nSPS) is 10.5. The molecule has 0 aliphatic heterocycles. The van der Waals surface area contributed by atoms with Gasteiger partial charge < -0.3 is 5.73 Å². The van der Waals surface area contributed by atoms with Crippen molar-refractivity contribution in [3.05, 3.63) is 57.8 Å². The third-order valence-electron chi connectivity index (χ3n) is 2.87. The van der Waals surface area contributed by atoms with E-state index in [2.05, 4.69) is 54.3 Å². The van der Waals surface area contributed by atoms with E-state index in [9.17, 15) is 0 Å². The lowest BCUT2D eigenvalue weighted by Crippen LogP contribution is -2.28. The Bertz CT molecular complexity index is 470. The highest BCUT2D eigenvalue weighted by Crippen LogP contribution is 2.18. The number of nitrogens with zero attached hydrogens (tertiary/aromatic N) is 1. The lowest BCUT2D eigenvalue weighted by atomic mass is 10.2. The Morgan fingerprint density at radius 2 is 1.79 bits per heavy atom. The lowest BCUT2D eigenvalue weighted by Gasteiger charge is -2.20. The second-order valence-corrected chi connectivity index (χ2v) is 5.87. The largest absolute Gasteiger partial charge is 0.329 e. The Hall–Kier alpha value is -0.870. The molecule has 0 saturated heterocycles.